The maximum Gasteiger partial charge on any atom is 0.419 e. The average Bonchev–Trinajstić information content (AvgIpc) is 2.25. The number of hydrogen-bond acceptors (Lipinski definition) is 3. The van der Waals surface area contributed by atoms with Crippen molar-refractivity contribution in [1.29, 1.82) is 0 Å². The van der Waals surface area contributed by atoms with Crippen LogP contribution in [0.25, 0.3) is 0 Å². The number of nitrogens with zero attached hydrogens (tertiary/aromatic N) is 1. The molecule has 6 heteroatoms. The number of likely N-dealkylation sites (tertiary alicyclic amines) is 1. The zero-order chi connectivity index (χ0) is 14.3. The summed E-state index contributed by atoms with van der Waals surface area (Å²) >= 11 is 0. The number of hydrogen-bond donors (Lipinski definition) is 2. The fourth-order valence-corrected chi connectivity index (χ4v) is 3.33. The minimum atomic E-state index is -4.50. The molecule has 0 unspecified atom stereocenters. The molecule has 0 atom stereocenters. The van der Waals surface area contributed by atoms with Gasteiger partial charge in [-0.2, -0.15) is 13.2 Å². The third-order valence-corrected chi connectivity index (χ3v) is 4.74. The Kier molecular flexibility index (Phi) is 3.88. The van der Waals surface area contributed by atoms with Crippen molar-refractivity contribution in [1.82, 2.24) is 10.2 Å². The molecular formula is C13H23F3N2O. The fraction of sp³-hybridized carbons (Fsp3) is 1.00. The third-order valence-electron chi connectivity index (χ3n) is 4.74. The topological polar surface area (TPSA) is 35.5 Å². The molecule has 19 heavy (non-hydrogen) atoms. The smallest absolute Gasteiger partial charge is 0.378 e. The zero-order valence-electron chi connectivity index (χ0n) is 11.6. The van der Waals surface area contributed by atoms with Gasteiger partial charge in [-0.25, -0.2) is 0 Å². The summed E-state index contributed by atoms with van der Waals surface area (Å²) in [4.78, 5) is 1.78. The lowest BCUT2D eigenvalue weighted by atomic mass is 9.72. The summed E-state index contributed by atoms with van der Waals surface area (Å²) in [6.45, 7) is 2.65. The summed E-state index contributed by atoms with van der Waals surface area (Å²) in [6, 6.07) is 0.201. The van der Waals surface area contributed by atoms with Crippen molar-refractivity contribution >= 4 is 0 Å². The Bertz CT molecular complexity index is 318. The van der Waals surface area contributed by atoms with Gasteiger partial charge in [0.15, 0.2) is 5.60 Å². The Morgan fingerprint density at radius 2 is 1.79 bits per heavy atom. The predicted molar refractivity (Wildman–Crippen MR) is 66.9 cm³/mol. The van der Waals surface area contributed by atoms with Gasteiger partial charge in [0.1, 0.15) is 0 Å². The molecule has 0 radical (unpaired) electrons. The van der Waals surface area contributed by atoms with Crippen LogP contribution < -0.4 is 5.32 Å². The van der Waals surface area contributed by atoms with Crippen molar-refractivity contribution < 1.29 is 18.3 Å². The van der Waals surface area contributed by atoms with Gasteiger partial charge in [0.2, 0.25) is 0 Å². The molecule has 0 amide bonds. The van der Waals surface area contributed by atoms with Crippen LogP contribution in [0.5, 0.6) is 0 Å². The van der Waals surface area contributed by atoms with Gasteiger partial charge in [-0.3, -0.25) is 4.90 Å². The highest BCUT2D eigenvalue weighted by molar-refractivity contribution is 5.04. The summed E-state index contributed by atoms with van der Waals surface area (Å²) in [5, 5.41) is 12.6. The summed E-state index contributed by atoms with van der Waals surface area (Å²) in [6.07, 6.45) is -0.601. The van der Waals surface area contributed by atoms with Crippen LogP contribution in [0, 0.1) is 5.41 Å². The molecule has 1 aliphatic heterocycles. The first-order valence-corrected chi connectivity index (χ1v) is 6.87. The van der Waals surface area contributed by atoms with Crippen molar-refractivity contribution in [3.8, 4) is 0 Å². The summed E-state index contributed by atoms with van der Waals surface area (Å²) < 4.78 is 37.7. The molecule has 2 fully saturated rings. The van der Waals surface area contributed by atoms with Gasteiger partial charge in [-0.05, 0) is 38.1 Å². The van der Waals surface area contributed by atoms with Gasteiger partial charge in [0.25, 0.3) is 0 Å². The second-order valence-electron chi connectivity index (χ2n) is 6.51. The van der Waals surface area contributed by atoms with Crippen molar-refractivity contribution in [2.45, 2.75) is 50.4 Å². The number of halogens is 3. The minimum absolute atomic E-state index is 0.201. The molecule has 0 aromatic carbocycles. The molecule has 112 valence electrons. The number of β-amino-alcohol motifs (C(OH)–C–C–N with tert-alkyl or cyclic N) is 1. The molecule has 0 bridgehead atoms. The number of rotatable bonds is 3. The maximum atomic E-state index is 12.6. The van der Waals surface area contributed by atoms with Crippen LogP contribution in [-0.2, 0) is 0 Å². The first kappa shape index (κ1) is 15.1. The Labute approximate surface area is 112 Å². The third kappa shape index (κ3) is 2.90. The van der Waals surface area contributed by atoms with Gasteiger partial charge in [-0.1, -0.05) is 6.92 Å². The van der Waals surface area contributed by atoms with E-state index in [0.717, 1.165) is 32.2 Å². The molecule has 2 rings (SSSR count). The quantitative estimate of drug-likeness (QED) is 0.827. The van der Waals surface area contributed by atoms with E-state index < -0.39 is 11.8 Å². The lowest BCUT2D eigenvalue weighted by Gasteiger charge is -2.52. The van der Waals surface area contributed by atoms with Crippen molar-refractivity contribution in [2.24, 2.45) is 5.41 Å². The first-order chi connectivity index (χ1) is 8.69. The molecule has 0 aromatic rings. The van der Waals surface area contributed by atoms with Crippen molar-refractivity contribution in [2.75, 3.05) is 26.7 Å². The molecule has 1 saturated heterocycles. The van der Waals surface area contributed by atoms with Gasteiger partial charge in [0.05, 0.1) is 0 Å². The van der Waals surface area contributed by atoms with E-state index in [0.29, 0.717) is 0 Å². The molecule has 2 N–H and O–H groups in total. The SMILES string of the molecule is CNCC1(C)CCC(N2CC(O)(C(F)(F)F)C2)CC1. The van der Waals surface area contributed by atoms with Gasteiger partial charge < -0.3 is 10.4 Å². The Morgan fingerprint density at radius 1 is 1.26 bits per heavy atom. The maximum absolute atomic E-state index is 12.6. The Balaban J connectivity index is 1.82. The second-order valence-corrected chi connectivity index (χ2v) is 6.51. The molecule has 0 aromatic heterocycles. The van der Waals surface area contributed by atoms with E-state index in [1.807, 2.05) is 7.05 Å². The van der Waals surface area contributed by atoms with E-state index in [1.54, 1.807) is 4.90 Å². The van der Waals surface area contributed by atoms with Crippen LogP contribution in [0.4, 0.5) is 13.2 Å². The predicted octanol–water partition coefficient (Wildman–Crippen LogP) is 1.76. The van der Waals surface area contributed by atoms with Crippen LogP contribution >= 0.6 is 0 Å². The average molecular weight is 280 g/mol. The molecule has 1 aliphatic carbocycles. The van der Waals surface area contributed by atoms with Crippen molar-refractivity contribution in [3.63, 3.8) is 0 Å². The van der Waals surface area contributed by atoms with E-state index in [2.05, 4.69) is 12.2 Å². The lowest BCUT2D eigenvalue weighted by Crippen LogP contribution is -2.71. The van der Waals surface area contributed by atoms with E-state index in [9.17, 15) is 18.3 Å². The Hall–Kier alpha value is -0.330. The van der Waals surface area contributed by atoms with Gasteiger partial charge >= 0.3 is 6.18 Å². The van der Waals surface area contributed by atoms with E-state index in [-0.39, 0.29) is 24.5 Å². The summed E-state index contributed by atoms with van der Waals surface area (Å²) in [5.41, 5.74) is -2.21. The monoisotopic (exact) mass is 280 g/mol. The standard InChI is InChI=1S/C13H23F3N2O/c1-11(7-17-2)5-3-10(4-6-11)18-8-12(19,9-18)13(14,15)16/h10,17,19H,3-9H2,1-2H3. The minimum Gasteiger partial charge on any atom is -0.378 e. The van der Waals surface area contributed by atoms with Gasteiger partial charge in [0, 0.05) is 25.7 Å². The summed E-state index contributed by atoms with van der Waals surface area (Å²) in [5.74, 6) is 0. The number of nitrogens with one attached hydrogen (secondary N) is 1. The summed E-state index contributed by atoms with van der Waals surface area (Å²) in [7, 11) is 1.93. The van der Waals surface area contributed by atoms with E-state index in [1.165, 1.54) is 0 Å². The highest BCUT2D eigenvalue weighted by Gasteiger charge is 2.61. The molecule has 2 aliphatic rings. The normalized spacial score (nSPS) is 36.0. The lowest BCUT2D eigenvalue weighted by molar-refractivity contribution is -0.307. The van der Waals surface area contributed by atoms with E-state index in [4.69, 9.17) is 0 Å². The van der Waals surface area contributed by atoms with E-state index >= 15 is 0 Å². The molecule has 3 nitrogen and oxygen atoms in total. The van der Waals surface area contributed by atoms with Crippen LogP contribution in [0.15, 0.2) is 0 Å². The molecule has 1 saturated carbocycles. The van der Waals surface area contributed by atoms with Gasteiger partial charge in [-0.15, -0.1) is 0 Å². The number of alkyl halides is 3. The fourth-order valence-electron chi connectivity index (χ4n) is 3.33. The van der Waals surface area contributed by atoms with Crippen LogP contribution in [-0.4, -0.2) is 54.5 Å². The zero-order valence-corrected chi connectivity index (χ0v) is 11.6. The molecule has 0 spiro atoms. The first-order valence-electron chi connectivity index (χ1n) is 6.87. The Morgan fingerprint density at radius 3 is 2.21 bits per heavy atom. The van der Waals surface area contributed by atoms with Crippen LogP contribution in [0.3, 0.4) is 0 Å². The van der Waals surface area contributed by atoms with Crippen molar-refractivity contribution in [3.05, 3.63) is 0 Å². The largest absolute Gasteiger partial charge is 0.419 e. The number of aliphatic hydroxyl groups is 1. The highest BCUT2D eigenvalue weighted by Crippen LogP contribution is 2.43. The molecular weight excluding hydrogens is 257 g/mol. The van der Waals surface area contributed by atoms with Crippen LogP contribution in [0.2, 0.25) is 0 Å². The molecule has 1 heterocycles. The second kappa shape index (κ2) is 4.90. The highest BCUT2D eigenvalue weighted by atomic mass is 19.4. The van der Waals surface area contributed by atoms with Crippen LogP contribution in [0.1, 0.15) is 32.6 Å².